The minimum atomic E-state index is -1.40. The summed E-state index contributed by atoms with van der Waals surface area (Å²) < 4.78 is 0. The number of phenolic OH excluding ortho intramolecular Hbond substituents is 1. The van der Waals surface area contributed by atoms with Gasteiger partial charge in [0.2, 0.25) is 0 Å². The van der Waals surface area contributed by atoms with E-state index in [0.717, 1.165) is 65.5 Å². The zero-order valence-corrected chi connectivity index (χ0v) is 36.2. The van der Waals surface area contributed by atoms with Crippen molar-refractivity contribution in [2.24, 2.45) is 5.92 Å². The first kappa shape index (κ1) is 49.1. The van der Waals surface area contributed by atoms with Crippen molar-refractivity contribution in [3.63, 3.8) is 0 Å². The number of carbonyl (C=O) groups is 1. The monoisotopic (exact) mass is 833 g/mol. The molecule has 0 aliphatic carbocycles. The molecule has 11 nitrogen and oxygen atoms in total. The number of hydrogen-bond donors (Lipinski definition) is 10. The molecule has 2 aliphatic rings. The molecule has 60 heavy (non-hydrogen) atoms. The number of aliphatic hydroxyl groups is 6. The van der Waals surface area contributed by atoms with Crippen LogP contribution >= 0.6 is 0 Å². The Bertz CT molecular complexity index is 1760. The highest BCUT2D eigenvalue weighted by atomic mass is 16.4. The Morgan fingerprint density at radius 3 is 2.45 bits per heavy atom. The van der Waals surface area contributed by atoms with Gasteiger partial charge in [-0.25, -0.2) is 0 Å². The molecule has 1 saturated heterocycles. The number of rotatable bonds is 19. The Labute approximate surface area is 357 Å². The van der Waals surface area contributed by atoms with E-state index in [4.69, 9.17) is 0 Å². The van der Waals surface area contributed by atoms with E-state index in [1.165, 1.54) is 0 Å². The van der Waals surface area contributed by atoms with Gasteiger partial charge in [0.1, 0.15) is 5.75 Å². The molecule has 0 radical (unpaired) electrons. The van der Waals surface area contributed by atoms with Crippen LogP contribution in [0.4, 0.5) is 0 Å². The number of aromatic hydroxyl groups is 1. The number of aryl methyl sites for hydroxylation is 2. The number of carboxylic acids is 1. The van der Waals surface area contributed by atoms with E-state index in [0.29, 0.717) is 32.1 Å². The van der Waals surface area contributed by atoms with Gasteiger partial charge in [0.25, 0.3) is 0 Å². The number of nitrogens with one attached hydrogen (secondary N) is 2. The van der Waals surface area contributed by atoms with E-state index < -0.39 is 60.7 Å². The van der Waals surface area contributed by atoms with Crippen LogP contribution < -0.4 is 10.6 Å². The summed E-state index contributed by atoms with van der Waals surface area (Å²) >= 11 is 0. The van der Waals surface area contributed by atoms with Crippen LogP contribution in [0.15, 0.2) is 65.8 Å². The summed E-state index contributed by atoms with van der Waals surface area (Å²) in [6.45, 7) is 7.39. The van der Waals surface area contributed by atoms with Gasteiger partial charge in [0, 0.05) is 49.0 Å². The van der Waals surface area contributed by atoms with E-state index in [-0.39, 0.29) is 49.8 Å². The predicted molar refractivity (Wildman–Crippen MR) is 235 cm³/mol. The third kappa shape index (κ3) is 14.8. The molecule has 10 atom stereocenters. The molecule has 0 unspecified atom stereocenters. The maximum atomic E-state index is 12.4. The van der Waals surface area contributed by atoms with E-state index in [1.54, 1.807) is 37.3 Å². The molecule has 332 valence electrons. The zero-order valence-electron chi connectivity index (χ0n) is 36.2. The smallest absolute Gasteiger partial charge is 0.303 e. The van der Waals surface area contributed by atoms with Crippen LogP contribution in [0.2, 0.25) is 0 Å². The molecule has 2 aromatic carbocycles. The standard InChI is InChI=1S/C49H72N2O9/c1-5-7-16-43(55)44(56)26-22-36-21-20-35-13-9-12-34(6-2)40(35)15-10-17-46(49(4,60)30-33-18-23-38(53)24-19-33)51-42(41(36)29-39(54)31-52)25-27-45(57)48-37(28-47(58)59)14-8-11-32(3)50-48/h9,12-13,18-19,22-24,26,32,37,39,42-46,48,50-57,60H,5-8,11,14,16-17,20-21,25,27-31H2,1-4H3,(H,58,59)/b26-22+,41-36+/t32-,37+,39-,42-,43-,44+,45-,46+,48-,49-/m0/s1. The molecule has 2 aliphatic heterocycles. The van der Waals surface area contributed by atoms with Gasteiger partial charge in [-0.3, -0.25) is 4.79 Å². The van der Waals surface area contributed by atoms with Crippen molar-refractivity contribution in [1.82, 2.24) is 10.6 Å². The second-order valence-electron chi connectivity index (χ2n) is 17.5. The number of aliphatic hydroxyl groups excluding tert-OH is 5. The van der Waals surface area contributed by atoms with Crippen molar-refractivity contribution < 1.29 is 45.6 Å². The van der Waals surface area contributed by atoms with Crippen LogP contribution in [0, 0.1) is 17.8 Å². The summed E-state index contributed by atoms with van der Waals surface area (Å²) in [5.41, 5.74) is 3.95. The molecule has 0 saturated carbocycles. The van der Waals surface area contributed by atoms with E-state index in [1.807, 2.05) is 26.0 Å². The highest BCUT2D eigenvalue weighted by Crippen LogP contribution is 2.32. The number of phenols is 1. The maximum absolute atomic E-state index is 12.4. The summed E-state index contributed by atoms with van der Waals surface area (Å²) in [6.07, 6.45) is 6.42. The van der Waals surface area contributed by atoms with Gasteiger partial charge in [-0.15, -0.1) is 0 Å². The number of aliphatic carboxylic acids is 1. The number of carboxylic acid groups (broad SMARTS) is 1. The van der Waals surface area contributed by atoms with E-state index in [9.17, 15) is 45.6 Å². The average molecular weight is 833 g/mol. The summed E-state index contributed by atoms with van der Waals surface area (Å²) in [5, 5.41) is 94.9. The molecule has 4 rings (SSSR count). The Hall–Kier alpha value is -3.57. The molecule has 0 bridgehead atoms. The molecule has 1 fully saturated rings. The lowest BCUT2D eigenvalue weighted by molar-refractivity contribution is -0.138. The number of fused-ring (bicyclic) bond motifs is 1. The molecule has 2 heterocycles. The first-order valence-electron chi connectivity index (χ1n) is 22.2. The Morgan fingerprint density at radius 2 is 1.77 bits per heavy atom. The number of hydrogen-bond acceptors (Lipinski definition) is 10. The molecule has 10 N–H and O–H groups in total. The van der Waals surface area contributed by atoms with E-state index >= 15 is 0 Å². The highest BCUT2D eigenvalue weighted by Gasteiger charge is 2.37. The lowest BCUT2D eigenvalue weighted by Gasteiger charge is -2.38. The summed E-state index contributed by atoms with van der Waals surface area (Å²) in [5.74, 6) is 5.77. The van der Waals surface area contributed by atoms with Crippen LogP contribution in [-0.2, 0) is 24.1 Å². The fourth-order valence-corrected chi connectivity index (χ4v) is 8.94. The highest BCUT2D eigenvalue weighted by molar-refractivity contribution is 5.67. The second kappa shape index (κ2) is 24.2. The van der Waals surface area contributed by atoms with Crippen molar-refractivity contribution in [3.8, 4) is 17.6 Å². The van der Waals surface area contributed by atoms with Crippen LogP contribution in [0.1, 0.15) is 127 Å². The molecule has 11 heteroatoms. The number of unbranched alkanes of at least 4 members (excludes halogenated alkanes) is 1. The SMILES string of the molecule is CCCC[C@H](O)[C@H](O)/C=C/C1=C(\C[C@H](O)CO)[C@H](CC[C@H](O)[C@H]2N[C@@H](C)CCC[C@@H]2CC(=O)O)N[C@@H]([C@@](C)(O)Cc2ccc(O)cc2)CC#Cc2c(CC)cccc2CC1. The van der Waals surface area contributed by atoms with Gasteiger partial charge in [-0.05, 0) is 118 Å². The summed E-state index contributed by atoms with van der Waals surface area (Å²) in [4.78, 5) is 12.0. The fourth-order valence-electron chi connectivity index (χ4n) is 8.94. The minimum absolute atomic E-state index is 0.0408. The normalized spacial score (nSPS) is 25.9. The van der Waals surface area contributed by atoms with Crippen molar-refractivity contribution in [3.05, 3.63) is 88.0 Å². The summed E-state index contributed by atoms with van der Waals surface area (Å²) in [6, 6.07) is 11.2. The van der Waals surface area contributed by atoms with Gasteiger partial charge >= 0.3 is 5.97 Å². The van der Waals surface area contributed by atoms with Crippen LogP contribution in [0.5, 0.6) is 5.75 Å². The first-order chi connectivity index (χ1) is 28.6. The minimum Gasteiger partial charge on any atom is -0.508 e. The van der Waals surface area contributed by atoms with Gasteiger partial charge in [0.05, 0.1) is 36.6 Å². The molecule has 0 amide bonds. The van der Waals surface area contributed by atoms with E-state index in [2.05, 4.69) is 41.5 Å². The molecule has 0 spiro atoms. The molecular weight excluding hydrogens is 761 g/mol. The molecular formula is C49H72N2O9. The predicted octanol–water partition coefficient (Wildman–Crippen LogP) is 5.23. The Morgan fingerprint density at radius 1 is 1.02 bits per heavy atom. The fraction of sp³-hybridized carbons (Fsp3) is 0.612. The molecule has 2 aromatic rings. The van der Waals surface area contributed by atoms with Crippen molar-refractivity contribution in [2.75, 3.05) is 6.61 Å². The third-order valence-electron chi connectivity index (χ3n) is 12.5. The average Bonchev–Trinajstić information content (AvgIpc) is 3.40. The Balaban J connectivity index is 1.90. The quantitative estimate of drug-likeness (QED) is 0.0831. The van der Waals surface area contributed by atoms with Crippen molar-refractivity contribution in [1.29, 1.82) is 0 Å². The Kier molecular flexibility index (Phi) is 19.8. The van der Waals surface area contributed by atoms with Gasteiger partial charge in [-0.1, -0.05) is 87.4 Å². The maximum Gasteiger partial charge on any atom is 0.303 e. The van der Waals surface area contributed by atoms with Crippen LogP contribution in [-0.4, -0.2) is 108 Å². The summed E-state index contributed by atoms with van der Waals surface area (Å²) in [7, 11) is 0. The largest absolute Gasteiger partial charge is 0.508 e. The van der Waals surface area contributed by atoms with Crippen LogP contribution in [0.25, 0.3) is 0 Å². The second-order valence-corrected chi connectivity index (χ2v) is 17.5. The lowest BCUT2D eigenvalue weighted by atomic mass is 9.82. The third-order valence-corrected chi connectivity index (χ3v) is 12.5. The van der Waals surface area contributed by atoms with Crippen molar-refractivity contribution in [2.45, 2.75) is 178 Å². The zero-order chi connectivity index (χ0) is 43.8. The first-order valence-corrected chi connectivity index (χ1v) is 22.2. The van der Waals surface area contributed by atoms with Gasteiger partial charge in [-0.2, -0.15) is 0 Å². The van der Waals surface area contributed by atoms with Gasteiger partial charge < -0.3 is 51.5 Å². The number of allylic oxidation sites excluding steroid dienone is 2. The van der Waals surface area contributed by atoms with Crippen LogP contribution in [0.3, 0.4) is 0 Å². The van der Waals surface area contributed by atoms with Crippen molar-refractivity contribution >= 4 is 5.97 Å². The molecule has 0 aromatic heterocycles. The number of benzene rings is 2. The van der Waals surface area contributed by atoms with Gasteiger partial charge in [0.15, 0.2) is 0 Å². The topological polar surface area (TPSA) is 203 Å². The lowest BCUT2D eigenvalue weighted by Crippen LogP contribution is -2.54.